The number of ether oxygens (including phenoxy) is 1. The molecule has 4 aliphatic carbocycles. The molecule has 30 heavy (non-hydrogen) atoms. The van der Waals surface area contributed by atoms with Gasteiger partial charge in [0.05, 0.1) is 23.5 Å². The Hall–Kier alpha value is -1.44. The maximum absolute atomic E-state index is 13.8. The zero-order valence-electron chi connectivity index (χ0n) is 17.4. The lowest BCUT2D eigenvalue weighted by atomic mass is 9.49. The van der Waals surface area contributed by atoms with Crippen molar-refractivity contribution in [1.82, 2.24) is 4.31 Å². The van der Waals surface area contributed by atoms with Crippen molar-refractivity contribution in [3.05, 3.63) is 23.8 Å². The molecule has 1 saturated heterocycles. The molecule has 162 valence electrons. The summed E-state index contributed by atoms with van der Waals surface area (Å²) in [6, 6.07) is 5.36. The van der Waals surface area contributed by atoms with Crippen LogP contribution in [0.4, 0.5) is 5.69 Å². The number of amides is 1. The number of anilines is 1. The van der Waals surface area contributed by atoms with Crippen LogP contribution in [0.15, 0.2) is 23.1 Å². The minimum Gasteiger partial charge on any atom is -0.379 e. The van der Waals surface area contributed by atoms with E-state index >= 15 is 0 Å². The minimum absolute atomic E-state index is 0.158. The molecule has 1 aromatic rings. The lowest BCUT2D eigenvalue weighted by Gasteiger charge is -2.56. The van der Waals surface area contributed by atoms with E-state index in [1.165, 1.54) is 23.6 Å². The molecule has 2 aliphatic heterocycles. The monoisotopic (exact) mass is 430 g/mol. The fourth-order valence-corrected chi connectivity index (χ4v) is 8.80. The first kappa shape index (κ1) is 19.3. The fraction of sp³-hybridized carbons (Fsp3) is 0.696. The first-order chi connectivity index (χ1) is 14.4. The van der Waals surface area contributed by atoms with E-state index in [1.54, 1.807) is 12.1 Å². The number of nitrogens with zero attached hydrogens (tertiary/aromatic N) is 2. The summed E-state index contributed by atoms with van der Waals surface area (Å²) < 4.78 is 32.8. The van der Waals surface area contributed by atoms with E-state index in [1.807, 2.05) is 11.0 Å². The largest absolute Gasteiger partial charge is 0.379 e. The van der Waals surface area contributed by atoms with Crippen LogP contribution in [0.1, 0.15) is 44.1 Å². The van der Waals surface area contributed by atoms with E-state index in [0.29, 0.717) is 43.7 Å². The van der Waals surface area contributed by atoms with Crippen LogP contribution in [0.3, 0.4) is 0 Å². The van der Waals surface area contributed by atoms with E-state index in [9.17, 15) is 13.2 Å². The third-order valence-electron chi connectivity index (χ3n) is 8.29. The highest BCUT2D eigenvalue weighted by Crippen LogP contribution is 2.61. The van der Waals surface area contributed by atoms with Crippen molar-refractivity contribution in [1.29, 1.82) is 0 Å². The molecule has 0 atom stereocenters. The van der Waals surface area contributed by atoms with E-state index in [4.69, 9.17) is 4.74 Å². The van der Waals surface area contributed by atoms with Crippen molar-refractivity contribution in [2.24, 2.45) is 23.2 Å². The third kappa shape index (κ3) is 2.88. The second kappa shape index (κ2) is 6.78. The van der Waals surface area contributed by atoms with Crippen molar-refractivity contribution in [3.8, 4) is 0 Å². The molecule has 0 radical (unpaired) electrons. The predicted octanol–water partition coefficient (Wildman–Crippen LogP) is 2.81. The Kier molecular flexibility index (Phi) is 4.35. The lowest BCUT2D eigenvalue weighted by molar-refractivity contribution is -0.143. The zero-order chi connectivity index (χ0) is 20.5. The van der Waals surface area contributed by atoms with Crippen LogP contribution in [0, 0.1) is 23.2 Å². The van der Waals surface area contributed by atoms with E-state index in [0.717, 1.165) is 54.7 Å². The summed E-state index contributed by atoms with van der Waals surface area (Å²) in [5.74, 6) is 2.53. The molecule has 6 aliphatic rings. The van der Waals surface area contributed by atoms with Gasteiger partial charge in [0.2, 0.25) is 15.9 Å². The number of benzene rings is 1. The fourth-order valence-electron chi connectivity index (χ4n) is 7.34. The third-order valence-corrected chi connectivity index (χ3v) is 10.2. The first-order valence-corrected chi connectivity index (χ1v) is 12.9. The molecule has 0 N–H and O–H groups in total. The van der Waals surface area contributed by atoms with Gasteiger partial charge >= 0.3 is 0 Å². The topological polar surface area (TPSA) is 66.9 Å². The second-order valence-corrected chi connectivity index (χ2v) is 12.1. The summed E-state index contributed by atoms with van der Waals surface area (Å²) in [5.41, 5.74) is 1.76. The van der Waals surface area contributed by atoms with Crippen molar-refractivity contribution in [2.45, 2.75) is 49.8 Å². The number of carbonyl (C=O) groups excluding carboxylic acids is 1. The summed E-state index contributed by atoms with van der Waals surface area (Å²) in [6.07, 6.45) is 7.90. The SMILES string of the molecule is O=C(N1CCc2cc(S(=O)(=O)N3CCOCC3)ccc21)C12CC3CC(CC(C3)C1)C2. The average Bonchev–Trinajstić information content (AvgIpc) is 3.16. The Balaban J connectivity index is 1.27. The molecule has 0 unspecified atom stereocenters. The molecule has 5 fully saturated rings. The van der Waals surface area contributed by atoms with Gasteiger partial charge in [-0.25, -0.2) is 8.42 Å². The molecule has 4 saturated carbocycles. The summed E-state index contributed by atoms with van der Waals surface area (Å²) in [7, 11) is -3.51. The van der Waals surface area contributed by atoms with Crippen molar-refractivity contribution >= 4 is 21.6 Å². The Morgan fingerprint density at radius 1 is 0.967 bits per heavy atom. The maximum atomic E-state index is 13.8. The Labute approximate surface area is 178 Å². The molecular formula is C23H30N2O4S. The molecule has 7 heteroatoms. The second-order valence-electron chi connectivity index (χ2n) is 10.2. The van der Waals surface area contributed by atoms with Crippen molar-refractivity contribution in [2.75, 3.05) is 37.7 Å². The van der Waals surface area contributed by atoms with Gasteiger partial charge in [-0.15, -0.1) is 0 Å². The van der Waals surface area contributed by atoms with Crippen LogP contribution in [0.2, 0.25) is 0 Å². The number of hydrogen-bond acceptors (Lipinski definition) is 4. The average molecular weight is 431 g/mol. The molecule has 0 aromatic heterocycles. The molecule has 1 amide bonds. The smallest absolute Gasteiger partial charge is 0.243 e. The Morgan fingerprint density at radius 2 is 1.60 bits per heavy atom. The quantitative estimate of drug-likeness (QED) is 0.740. The van der Waals surface area contributed by atoms with E-state index < -0.39 is 10.0 Å². The van der Waals surface area contributed by atoms with Gasteiger partial charge in [-0.3, -0.25) is 4.79 Å². The van der Waals surface area contributed by atoms with Gasteiger partial charge < -0.3 is 9.64 Å². The number of morpholine rings is 1. The number of fused-ring (bicyclic) bond motifs is 1. The molecule has 6 nitrogen and oxygen atoms in total. The maximum Gasteiger partial charge on any atom is 0.243 e. The van der Waals surface area contributed by atoms with Gasteiger partial charge in [-0.1, -0.05) is 0 Å². The number of sulfonamides is 1. The van der Waals surface area contributed by atoms with Gasteiger partial charge in [-0.05, 0) is 86.5 Å². The molecule has 0 spiro atoms. The summed E-state index contributed by atoms with van der Waals surface area (Å²) in [4.78, 5) is 16.1. The number of hydrogen-bond donors (Lipinski definition) is 0. The standard InChI is InChI=1S/C23H30N2O4S/c26-22(23-13-16-9-17(14-23)11-18(10-16)15-23)25-4-3-19-12-20(1-2-21(19)25)30(27,28)24-5-7-29-8-6-24/h1-2,12,16-18H,3-11,13-15H2. The summed E-state index contributed by atoms with van der Waals surface area (Å²) in [6.45, 7) is 2.36. The molecular weight excluding hydrogens is 400 g/mol. The van der Waals surface area contributed by atoms with Crippen LogP contribution in [0.25, 0.3) is 0 Å². The minimum atomic E-state index is -3.51. The van der Waals surface area contributed by atoms with Crippen LogP contribution in [0.5, 0.6) is 0 Å². The van der Waals surface area contributed by atoms with Gasteiger partial charge in [0.1, 0.15) is 0 Å². The normalized spacial score (nSPS) is 35.6. The highest BCUT2D eigenvalue weighted by Gasteiger charge is 2.56. The highest BCUT2D eigenvalue weighted by atomic mass is 32.2. The molecule has 4 bridgehead atoms. The number of rotatable bonds is 3. The molecule has 7 rings (SSSR count). The molecule has 1 aromatic carbocycles. The Bertz CT molecular complexity index is 948. The first-order valence-electron chi connectivity index (χ1n) is 11.5. The van der Waals surface area contributed by atoms with Crippen molar-refractivity contribution < 1.29 is 17.9 Å². The van der Waals surface area contributed by atoms with Crippen LogP contribution in [-0.2, 0) is 26.0 Å². The van der Waals surface area contributed by atoms with E-state index in [-0.39, 0.29) is 5.41 Å². The van der Waals surface area contributed by atoms with Crippen LogP contribution < -0.4 is 4.90 Å². The Morgan fingerprint density at radius 3 is 2.23 bits per heavy atom. The van der Waals surface area contributed by atoms with E-state index in [2.05, 4.69) is 0 Å². The summed E-state index contributed by atoms with van der Waals surface area (Å²) >= 11 is 0. The van der Waals surface area contributed by atoms with Gasteiger partial charge in [0, 0.05) is 25.3 Å². The highest BCUT2D eigenvalue weighted by molar-refractivity contribution is 7.89. The van der Waals surface area contributed by atoms with Gasteiger partial charge in [0.25, 0.3) is 0 Å². The molecule has 2 heterocycles. The van der Waals surface area contributed by atoms with Crippen LogP contribution in [-0.4, -0.2) is 51.5 Å². The van der Waals surface area contributed by atoms with Gasteiger partial charge in [0.15, 0.2) is 0 Å². The van der Waals surface area contributed by atoms with Crippen molar-refractivity contribution in [3.63, 3.8) is 0 Å². The zero-order valence-corrected chi connectivity index (χ0v) is 18.2. The predicted molar refractivity (Wildman–Crippen MR) is 113 cm³/mol. The lowest BCUT2D eigenvalue weighted by Crippen LogP contribution is -2.54. The number of carbonyl (C=O) groups is 1. The summed E-state index contributed by atoms with van der Waals surface area (Å²) in [5, 5.41) is 0. The van der Waals surface area contributed by atoms with Crippen LogP contribution >= 0.6 is 0 Å². The van der Waals surface area contributed by atoms with Gasteiger partial charge in [-0.2, -0.15) is 4.31 Å².